The Balaban J connectivity index is 1.91. The third-order valence-electron chi connectivity index (χ3n) is 4.05. The first-order valence-electron chi connectivity index (χ1n) is 7.17. The maximum Gasteiger partial charge on any atom is 0.231 e. The van der Waals surface area contributed by atoms with Gasteiger partial charge in [0.2, 0.25) is 5.91 Å². The third-order valence-corrected chi connectivity index (χ3v) is 4.05. The van der Waals surface area contributed by atoms with E-state index >= 15 is 0 Å². The highest BCUT2D eigenvalue weighted by Gasteiger charge is 2.26. The van der Waals surface area contributed by atoms with E-state index in [1.54, 1.807) is 13.8 Å². The predicted octanol–water partition coefficient (Wildman–Crippen LogP) is 3.09. The average molecular weight is 306 g/mol. The van der Waals surface area contributed by atoms with Gasteiger partial charge >= 0.3 is 0 Å². The molecular formula is C16H16F2N2O2. The zero-order valence-electron chi connectivity index (χ0n) is 12.4. The zero-order chi connectivity index (χ0) is 15.9. The summed E-state index contributed by atoms with van der Waals surface area (Å²) in [6, 6.07) is 2.29. The molecule has 0 atom stereocenters. The van der Waals surface area contributed by atoms with E-state index in [-0.39, 0.29) is 12.3 Å². The fourth-order valence-electron chi connectivity index (χ4n) is 2.84. The predicted molar refractivity (Wildman–Crippen MR) is 76.7 cm³/mol. The van der Waals surface area contributed by atoms with Gasteiger partial charge in [0.15, 0.2) is 11.6 Å². The minimum atomic E-state index is -0.934. The molecule has 1 aromatic carbocycles. The topological polar surface area (TPSA) is 46.3 Å². The number of halogens is 2. The van der Waals surface area contributed by atoms with Crippen LogP contribution in [0.25, 0.3) is 0 Å². The van der Waals surface area contributed by atoms with Crippen molar-refractivity contribution in [1.29, 1.82) is 0 Å². The molecule has 0 fully saturated rings. The van der Waals surface area contributed by atoms with Crippen LogP contribution in [0.1, 0.15) is 29.0 Å². The molecule has 0 unspecified atom stereocenters. The normalized spacial score (nSPS) is 14.1. The molecule has 3 rings (SSSR count). The highest BCUT2D eigenvalue weighted by atomic mass is 19.2. The lowest BCUT2D eigenvalue weighted by Crippen LogP contribution is -2.37. The van der Waals surface area contributed by atoms with Gasteiger partial charge in [0, 0.05) is 23.9 Å². The number of carbonyl (C=O) groups is 1. The Labute approximate surface area is 126 Å². The molecule has 0 radical (unpaired) electrons. The summed E-state index contributed by atoms with van der Waals surface area (Å²) in [5.74, 6) is -1.37. The van der Waals surface area contributed by atoms with Crippen molar-refractivity contribution in [2.45, 2.75) is 33.1 Å². The van der Waals surface area contributed by atoms with Gasteiger partial charge in [-0.05, 0) is 38.3 Å². The first kappa shape index (κ1) is 14.7. The highest BCUT2D eigenvalue weighted by molar-refractivity contribution is 5.96. The van der Waals surface area contributed by atoms with Crippen molar-refractivity contribution < 1.29 is 18.1 Å². The standard InChI is InChI=1S/C16H16F2N2O2/c1-9-12(10(2)22-19-9)7-16(21)20-5-3-4-11-6-13(17)14(18)8-15(11)20/h6,8H,3-5,7H2,1-2H3. The van der Waals surface area contributed by atoms with E-state index in [4.69, 9.17) is 4.52 Å². The minimum Gasteiger partial charge on any atom is -0.361 e. The Morgan fingerprint density at radius 2 is 2.05 bits per heavy atom. The maximum absolute atomic E-state index is 13.5. The molecule has 116 valence electrons. The van der Waals surface area contributed by atoms with Crippen molar-refractivity contribution >= 4 is 11.6 Å². The van der Waals surface area contributed by atoms with Gasteiger partial charge in [-0.15, -0.1) is 0 Å². The van der Waals surface area contributed by atoms with Crippen molar-refractivity contribution in [3.8, 4) is 0 Å². The second kappa shape index (κ2) is 5.51. The smallest absolute Gasteiger partial charge is 0.231 e. The molecule has 6 heteroatoms. The van der Waals surface area contributed by atoms with Crippen LogP contribution >= 0.6 is 0 Å². The summed E-state index contributed by atoms with van der Waals surface area (Å²) in [5.41, 5.74) is 2.55. The molecule has 0 saturated heterocycles. The van der Waals surface area contributed by atoms with Crippen LogP contribution in [0.15, 0.2) is 16.7 Å². The minimum absolute atomic E-state index is 0.138. The summed E-state index contributed by atoms with van der Waals surface area (Å²) in [5, 5.41) is 3.83. The Morgan fingerprint density at radius 3 is 2.73 bits per heavy atom. The van der Waals surface area contributed by atoms with Crippen molar-refractivity contribution in [3.63, 3.8) is 0 Å². The number of hydrogen-bond donors (Lipinski definition) is 0. The molecule has 0 bridgehead atoms. The van der Waals surface area contributed by atoms with Gasteiger partial charge in [0.05, 0.1) is 12.1 Å². The SMILES string of the molecule is Cc1noc(C)c1CC(=O)N1CCCc2cc(F)c(F)cc21. The van der Waals surface area contributed by atoms with Crippen molar-refractivity contribution in [3.05, 3.63) is 46.3 Å². The molecule has 2 aromatic rings. The number of hydrogen-bond acceptors (Lipinski definition) is 3. The number of rotatable bonds is 2. The first-order chi connectivity index (χ1) is 10.5. The summed E-state index contributed by atoms with van der Waals surface area (Å²) in [6.07, 6.45) is 1.51. The summed E-state index contributed by atoms with van der Waals surface area (Å²) in [7, 11) is 0. The van der Waals surface area contributed by atoms with Crippen molar-refractivity contribution in [1.82, 2.24) is 5.16 Å². The van der Waals surface area contributed by atoms with E-state index in [0.717, 1.165) is 18.1 Å². The van der Waals surface area contributed by atoms with Crippen LogP contribution in [0.2, 0.25) is 0 Å². The quantitative estimate of drug-likeness (QED) is 0.856. The molecule has 0 aliphatic carbocycles. The molecule has 1 aliphatic heterocycles. The molecule has 1 aliphatic rings. The number of anilines is 1. The van der Waals surface area contributed by atoms with Gasteiger partial charge in [-0.1, -0.05) is 5.16 Å². The number of nitrogens with zero attached hydrogens (tertiary/aromatic N) is 2. The zero-order valence-corrected chi connectivity index (χ0v) is 12.4. The summed E-state index contributed by atoms with van der Waals surface area (Å²) < 4.78 is 31.9. The van der Waals surface area contributed by atoms with Crippen LogP contribution in [0.5, 0.6) is 0 Å². The Hall–Kier alpha value is -2.24. The van der Waals surface area contributed by atoms with Crippen LogP contribution in [0, 0.1) is 25.5 Å². The Bertz CT molecular complexity index is 720. The molecule has 0 spiro atoms. The number of benzene rings is 1. The third kappa shape index (κ3) is 2.49. The fourth-order valence-corrected chi connectivity index (χ4v) is 2.84. The van der Waals surface area contributed by atoms with Gasteiger partial charge in [0.1, 0.15) is 5.76 Å². The molecular weight excluding hydrogens is 290 g/mol. The maximum atomic E-state index is 13.5. The van der Waals surface area contributed by atoms with Crippen LogP contribution < -0.4 is 4.90 Å². The van der Waals surface area contributed by atoms with Gasteiger partial charge in [0.25, 0.3) is 0 Å². The van der Waals surface area contributed by atoms with Crippen molar-refractivity contribution in [2.75, 3.05) is 11.4 Å². The second-order valence-electron chi connectivity index (χ2n) is 5.52. The van der Waals surface area contributed by atoms with Gasteiger partial charge in [-0.2, -0.15) is 0 Å². The van der Waals surface area contributed by atoms with Crippen LogP contribution in [0.3, 0.4) is 0 Å². The molecule has 4 nitrogen and oxygen atoms in total. The second-order valence-corrected chi connectivity index (χ2v) is 5.52. The molecule has 0 saturated carbocycles. The summed E-state index contributed by atoms with van der Waals surface area (Å²) in [4.78, 5) is 14.1. The molecule has 22 heavy (non-hydrogen) atoms. The lowest BCUT2D eigenvalue weighted by molar-refractivity contribution is -0.118. The summed E-state index contributed by atoms with van der Waals surface area (Å²) >= 11 is 0. The van der Waals surface area contributed by atoms with Gasteiger partial charge in [-0.25, -0.2) is 8.78 Å². The highest BCUT2D eigenvalue weighted by Crippen LogP contribution is 2.30. The van der Waals surface area contributed by atoms with E-state index in [2.05, 4.69) is 5.16 Å². The Morgan fingerprint density at radius 1 is 1.32 bits per heavy atom. The van der Waals surface area contributed by atoms with Gasteiger partial charge in [-0.3, -0.25) is 4.79 Å². The molecule has 0 N–H and O–H groups in total. The lowest BCUT2D eigenvalue weighted by atomic mass is 10.00. The number of carbonyl (C=O) groups excluding carboxylic acids is 1. The fraction of sp³-hybridized carbons (Fsp3) is 0.375. The van der Waals surface area contributed by atoms with E-state index < -0.39 is 11.6 Å². The summed E-state index contributed by atoms with van der Waals surface area (Å²) in [6.45, 7) is 4.03. The van der Waals surface area contributed by atoms with E-state index in [1.165, 1.54) is 11.0 Å². The number of aryl methyl sites for hydroxylation is 3. The monoisotopic (exact) mass is 306 g/mol. The van der Waals surface area contributed by atoms with Crippen LogP contribution in [-0.2, 0) is 17.6 Å². The van der Waals surface area contributed by atoms with Crippen LogP contribution in [0.4, 0.5) is 14.5 Å². The molecule has 1 aromatic heterocycles. The molecule has 1 amide bonds. The van der Waals surface area contributed by atoms with Crippen molar-refractivity contribution in [2.24, 2.45) is 0 Å². The van der Waals surface area contributed by atoms with Crippen LogP contribution in [-0.4, -0.2) is 17.6 Å². The largest absolute Gasteiger partial charge is 0.361 e. The Kier molecular flexibility index (Phi) is 3.68. The molecule has 2 heterocycles. The van der Waals surface area contributed by atoms with Gasteiger partial charge < -0.3 is 9.42 Å². The van der Waals surface area contributed by atoms with E-state index in [9.17, 15) is 13.6 Å². The lowest BCUT2D eigenvalue weighted by Gasteiger charge is -2.29. The van der Waals surface area contributed by atoms with E-state index in [0.29, 0.717) is 35.7 Å². The number of amides is 1. The van der Waals surface area contributed by atoms with E-state index in [1.807, 2.05) is 0 Å². The number of aromatic nitrogens is 1. The average Bonchev–Trinajstić information content (AvgIpc) is 2.79. The number of fused-ring (bicyclic) bond motifs is 1. The first-order valence-corrected chi connectivity index (χ1v) is 7.17.